The van der Waals surface area contributed by atoms with Crippen molar-refractivity contribution < 1.29 is 19.1 Å². The number of fused-ring (bicyclic) bond motifs is 1. The zero-order chi connectivity index (χ0) is 21.1. The highest BCUT2D eigenvalue weighted by Gasteiger charge is 2.26. The Kier molecular flexibility index (Phi) is 5.17. The van der Waals surface area contributed by atoms with Gasteiger partial charge in [0.25, 0.3) is 11.7 Å². The lowest BCUT2D eigenvalue weighted by atomic mass is 10.1. The maximum Gasteiger partial charge on any atom is 0.298 e. The Morgan fingerprint density at radius 3 is 2.53 bits per heavy atom. The molecule has 0 aliphatic rings. The van der Waals surface area contributed by atoms with E-state index < -0.39 is 11.7 Å². The summed E-state index contributed by atoms with van der Waals surface area (Å²) in [7, 11) is 2.97. The number of methoxy groups -OCH3 is 2. The van der Waals surface area contributed by atoms with Crippen molar-refractivity contribution in [3.8, 4) is 22.8 Å². The Morgan fingerprint density at radius 1 is 0.967 bits per heavy atom. The summed E-state index contributed by atoms with van der Waals surface area (Å²) in [5, 5.41) is 2.64. The predicted molar refractivity (Wildman–Crippen MR) is 113 cm³/mol. The average Bonchev–Trinajstić information content (AvgIpc) is 3.18. The number of para-hydroxylation sites is 1. The van der Waals surface area contributed by atoms with Gasteiger partial charge in [-0.2, -0.15) is 0 Å². The van der Waals surface area contributed by atoms with Crippen molar-refractivity contribution in [1.29, 1.82) is 0 Å². The van der Waals surface area contributed by atoms with Crippen LogP contribution < -0.4 is 14.8 Å². The molecule has 7 heteroatoms. The van der Waals surface area contributed by atoms with Crippen molar-refractivity contribution >= 4 is 22.9 Å². The third kappa shape index (κ3) is 3.37. The molecule has 0 bridgehead atoms. The zero-order valence-corrected chi connectivity index (χ0v) is 16.5. The molecule has 0 saturated heterocycles. The van der Waals surface area contributed by atoms with Crippen LogP contribution in [0.2, 0.25) is 0 Å². The molecule has 0 unspecified atom stereocenters. The van der Waals surface area contributed by atoms with Gasteiger partial charge < -0.3 is 19.2 Å². The zero-order valence-electron chi connectivity index (χ0n) is 16.5. The van der Waals surface area contributed by atoms with Crippen LogP contribution in [0.1, 0.15) is 10.5 Å². The molecule has 0 aliphatic carbocycles. The van der Waals surface area contributed by atoms with Gasteiger partial charge in [-0.15, -0.1) is 0 Å². The molecule has 4 rings (SSSR count). The molecular weight excluding hydrogens is 382 g/mol. The lowest BCUT2D eigenvalue weighted by molar-refractivity contribution is -0.112. The standard InChI is InChI=1S/C23H19N3O4/c1-29-19-11-7-10-18(22(19)30-2)25-23(28)21(27)20-16(17-9-3-5-12-24-17)14-15-8-4-6-13-26(15)20/h3-14H,1-2H3,(H,25,28). The summed E-state index contributed by atoms with van der Waals surface area (Å²) in [6, 6.07) is 17.9. The van der Waals surface area contributed by atoms with Crippen LogP contribution in [0, 0.1) is 0 Å². The van der Waals surface area contributed by atoms with Crippen molar-refractivity contribution in [2.45, 2.75) is 0 Å². The van der Waals surface area contributed by atoms with E-state index in [0.29, 0.717) is 28.4 Å². The Hall–Kier alpha value is -4.13. The number of carbonyl (C=O) groups excluding carboxylic acids is 2. The molecule has 0 aliphatic heterocycles. The quantitative estimate of drug-likeness (QED) is 0.392. The van der Waals surface area contributed by atoms with E-state index in [4.69, 9.17) is 9.47 Å². The van der Waals surface area contributed by atoms with E-state index >= 15 is 0 Å². The van der Waals surface area contributed by atoms with Crippen LogP contribution in [-0.4, -0.2) is 35.3 Å². The number of pyridine rings is 2. The summed E-state index contributed by atoms with van der Waals surface area (Å²) in [6.07, 6.45) is 3.39. The number of nitrogens with zero attached hydrogens (tertiary/aromatic N) is 2. The van der Waals surface area contributed by atoms with Gasteiger partial charge in [0.15, 0.2) is 11.5 Å². The van der Waals surface area contributed by atoms with E-state index in [2.05, 4.69) is 10.3 Å². The van der Waals surface area contributed by atoms with Gasteiger partial charge in [-0.1, -0.05) is 18.2 Å². The molecule has 0 atom stereocenters. The molecule has 0 fully saturated rings. The van der Waals surface area contributed by atoms with Crippen molar-refractivity contribution in [1.82, 2.24) is 9.38 Å². The molecule has 3 heterocycles. The minimum absolute atomic E-state index is 0.240. The van der Waals surface area contributed by atoms with Crippen molar-refractivity contribution in [3.05, 3.63) is 78.8 Å². The monoisotopic (exact) mass is 401 g/mol. The first-order valence-corrected chi connectivity index (χ1v) is 9.22. The lowest BCUT2D eigenvalue weighted by Gasteiger charge is -2.13. The summed E-state index contributed by atoms with van der Waals surface area (Å²) in [4.78, 5) is 30.5. The molecule has 7 nitrogen and oxygen atoms in total. The van der Waals surface area contributed by atoms with Crippen LogP contribution in [-0.2, 0) is 4.79 Å². The molecule has 150 valence electrons. The highest BCUT2D eigenvalue weighted by Crippen LogP contribution is 2.35. The SMILES string of the molecule is COc1cccc(NC(=O)C(=O)c2c(-c3ccccn3)cc3ccccn23)c1OC. The Bertz CT molecular complexity index is 1230. The number of anilines is 1. The van der Waals surface area contributed by atoms with Gasteiger partial charge in [-0.25, -0.2) is 0 Å². The van der Waals surface area contributed by atoms with Gasteiger partial charge in [-0.3, -0.25) is 14.6 Å². The Balaban J connectivity index is 1.76. The molecular formula is C23H19N3O4. The average molecular weight is 401 g/mol. The molecule has 1 amide bonds. The Morgan fingerprint density at radius 2 is 1.80 bits per heavy atom. The summed E-state index contributed by atoms with van der Waals surface area (Å²) in [6.45, 7) is 0. The fourth-order valence-corrected chi connectivity index (χ4v) is 3.34. The molecule has 0 saturated carbocycles. The smallest absolute Gasteiger partial charge is 0.298 e. The minimum atomic E-state index is -0.789. The fourth-order valence-electron chi connectivity index (χ4n) is 3.34. The number of benzene rings is 1. The number of rotatable bonds is 6. The highest BCUT2D eigenvalue weighted by molar-refractivity contribution is 6.47. The summed E-state index contributed by atoms with van der Waals surface area (Å²) >= 11 is 0. The van der Waals surface area contributed by atoms with Crippen LogP contribution in [0.25, 0.3) is 16.8 Å². The van der Waals surface area contributed by atoms with Gasteiger partial charge in [0.05, 0.1) is 25.6 Å². The number of hydrogen-bond acceptors (Lipinski definition) is 5. The van der Waals surface area contributed by atoms with Crippen molar-refractivity contribution in [2.75, 3.05) is 19.5 Å². The number of aromatic nitrogens is 2. The molecule has 1 aromatic carbocycles. The third-order valence-electron chi connectivity index (χ3n) is 4.69. The van der Waals surface area contributed by atoms with Crippen LogP contribution >= 0.6 is 0 Å². The molecule has 30 heavy (non-hydrogen) atoms. The number of hydrogen-bond donors (Lipinski definition) is 1. The van der Waals surface area contributed by atoms with Gasteiger partial charge in [0.2, 0.25) is 0 Å². The number of Topliss-reactive ketones (excluding diaryl/α,β-unsaturated/α-hetero) is 1. The normalized spacial score (nSPS) is 10.6. The third-order valence-corrected chi connectivity index (χ3v) is 4.69. The van der Waals surface area contributed by atoms with E-state index in [1.807, 2.05) is 24.3 Å². The molecule has 4 aromatic rings. The largest absolute Gasteiger partial charge is 0.493 e. The van der Waals surface area contributed by atoms with E-state index in [0.717, 1.165) is 5.52 Å². The van der Waals surface area contributed by atoms with Crippen LogP contribution in [0.5, 0.6) is 11.5 Å². The first-order chi connectivity index (χ1) is 14.6. The van der Waals surface area contributed by atoms with Crippen molar-refractivity contribution in [3.63, 3.8) is 0 Å². The molecule has 3 aromatic heterocycles. The highest BCUT2D eigenvalue weighted by atomic mass is 16.5. The molecule has 0 radical (unpaired) electrons. The van der Waals surface area contributed by atoms with E-state index in [9.17, 15) is 9.59 Å². The Labute approximate surface area is 172 Å². The second-order valence-electron chi connectivity index (χ2n) is 6.44. The maximum atomic E-state index is 13.2. The second kappa shape index (κ2) is 8.08. The minimum Gasteiger partial charge on any atom is -0.493 e. The summed E-state index contributed by atoms with van der Waals surface area (Å²) in [5.74, 6) is -0.689. The first-order valence-electron chi connectivity index (χ1n) is 9.22. The summed E-state index contributed by atoms with van der Waals surface area (Å²) < 4.78 is 12.3. The van der Waals surface area contributed by atoms with Gasteiger partial charge in [0.1, 0.15) is 5.69 Å². The topological polar surface area (TPSA) is 81.9 Å². The van der Waals surface area contributed by atoms with Gasteiger partial charge in [-0.05, 0) is 42.5 Å². The molecule has 0 spiro atoms. The predicted octanol–water partition coefficient (Wildman–Crippen LogP) is 3.84. The van der Waals surface area contributed by atoms with Crippen LogP contribution in [0.4, 0.5) is 5.69 Å². The second-order valence-corrected chi connectivity index (χ2v) is 6.44. The number of carbonyl (C=O) groups is 2. The van der Waals surface area contributed by atoms with Crippen molar-refractivity contribution in [2.24, 2.45) is 0 Å². The van der Waals surface area contributed by atoms with E-state index in [1.54, 1.807) is 53.2 Å². The lowest BCUT2D eigenvalue weighted by Crippen LogP contribution is -2.25. The number of ether oxygens (including phenoxy) is 2. The number of amides is 1. The maximum absolute atomic E-state index is 13.2. The van der Waals surface area contributed by atoms with Gasteiger partial charge >= 0.3 is 0 Å². The van der Waals surface area contributed by atoms with E-state index in [1.165, 1.54) is 14.2 Å². The van der Waals surface area contributed by atoms with Crippen LogP contribution in [0.3, 0.4) is 0 Å². The summed E-state index contributed by atoms with van der Waals surface area (Å²) in [5.41, 5.74) is 2.56. The van der Waals surface area contributed by atoms with Gasteiger partial charge in [0, 0.05) is 23.5 Å². The first kappa shape index (κ1) is 19.2. The van der Waals surface area contributed by atoms with E-state index in [-0.39, 0.29) is 5.69 Å². The fraction of sp³-hybridized carbons (Fsp3) is 0.0870. The molecule has 1 N–H and O–H groups in total. The number of nitrogens with one attached hydrogen (secondary N) is 1. The number of ketones is 1. The van der Waals surface area contributed by atoms with Crippen LogP contribution in [0.15, 0.2) is 73.1 Å².